The summed E-state index contributed by atoms with van der Waals surface area (Å²) in [6.07, 6.45) is 1.28. The number of hydrogen-bond acceptors (Lipinski definition) is 2. The fourth-order valence-electron chi connectivity index (χ4n) is 2.72. The van der Waals surface area contributed by atoms with Crippen LogP contribution in [0, 0.1) is 18.8 Å². The van der Waals surface area contributed by atoms with Crippen molar-refractivity contribution in [2.24, 2.45) is 11.8 Å². The summed E-state index contributed by atoms with van der Waals surface area (Å²) in [5.41, 5.74) is 1.98. The highest BCUT2D eigenvalue weighted by Crippen LogP contribution is 2.30. The summed E-state index contributed by atoms with van der Waals surface area (Å²) in [4.78, 5) is 2.45. The molecular weight excluding hydrogens is 290 g/mol. The van der Waals surface area contributed by atoms with E-state index in [1.165, 1.54) is 6.42 Å². The van der Waals surface area contributed by atoms with E-state index in [0.717, 1.165) is 47.1 Å². The molecule has 1 aromatic carbocycles. The molecule has 100 valence electrons. The lowest BCUT2D eigenvalue weighted by Crippen LogP contribution is -2.21. The minimum Gasteiger partial charge on any atom is -0.507 e. The number of aromatic hydroxyl groups is 1. The van der Waals surface area contributed by atoms with E-state index < -0.39 is 0 Å². The number of likely N-dealkylation sites (tertiary alicyclic amines) is 1. The number of rotatable bonds is 3. The number of nitrogens with zero attached hydrogens (tertiary/aromatic N) is 1. The molecule has 2 rings (SSSR count). The Morgan fingerprint density at radius 3 is 2.78 bits per heavy atom. The van der Waals surface area contributed by atoms with E-state index in [4.69, 9.17) is 0 Å². The normalized spacial score (nSPS) is 20.8. The summed E-state index contributed by atoms with van der Waals surface area (Å²) in [5.74, 6) is 2.01. The maximum Gasteiger partial charge on any atom is 0.123 e. The zero-order valence-corrected chi connectivity index (χ0v) is 13.0. The highest BCUT2D eigenvalue weighted by atomic mass is 79.9. The van der Waals surface area contributed by atoms with E-state index in [1.807, 2.05) is 19.1 Å². The SMILES string of the molecule is Cc1cc(Br)cc(CN2CCC(C(C)C)C2)c1O. The molecule has 0 bridgehead atoms. The van der Waals surface area contributed by atoms with Crippen LogP contribution < -0.4 is 0 Å². The van der Waals surface area contributed by atoms with Gasteiger partial charge in [0, 0.05) is 23.1 Å². The lowest BCUT2D eigenvalue weighted by Gasteiger charge is -2.19. The molecule has 0 aliphatic carbocycles. The highest BCUT2D eigenvalue weighted by molar-refractivity contribution is 9.10. The van der Waals surface area contributed by atoms with E-state index in [-0.39, 0.29) is 0 Å². The molecule has 1 aliphatic heterocycles. The van der Waals surface area contributed by atoms with Gasteiger partial charge in [-0.1, -0.05) is 29.8 Å². The van der Waals surface area contributed by atoms with Gasteiger partial charge >= 0.3 is 0 Å². The molecule has 0 aromatic heterocycles. The molecular formula is C15H22BrNO. The number of phenolic OH excluding ortho intramolecular Hbond substituents is 1. The molecule has 1 aromatic rings. The molecule has 0 amide bonds. The van der Waals surface area contributed by atoms with Crippen molar-refractivity contribution in [3.05, 3.63) is 27.7 Å². The second kappa shape index (κ2) is 5.62. The van der Waals surface area contributed by atoms with Gasteiger partial charge in [0.25, 0.3) is 0 Å². The highest BCUT2D eigenvalue weighted by Gasteiger charge is 2.25. The van der Waals surface area contributed by atoms with Gasteiger partial charge in [0.05, 0.1) is 0 Å². The smallest absolute Gasteiger partial charge is 0.123 e. The molecule has 1 fully saturated rings. The van der Waals surface area contributed by atoms with Crippen LogP contribution in [0.15, 0.2) is 16.6 Å². The van der Waals surface area contributed by atoms with Gasteiger partial charge in [-0.25, -0.2) is 0 Å². The van der Waals surface area contributed by atoms with Crippen LogP contribution in [0.3, 0.4) is 0 Å². The van der Waals surface area contributed by atoms with Crippen LogP contribution in [-0.2, 0) is 6.54 Å². The van der Waals surface area contributed by atoms with Crippen molar-refractivity contribution in [1.82, 2.24) is 4.90 Å². The third-order valence-electron chi connectivity index (χ3n) is 3.99. The number of hydrogen-bond donors (Lipinski definition) is 1. The van der Waals surface area contributed by atoms with Gasteiger partial charge in [0.15, 0.2) is 0 Å². The van der Waals surface area contributed by atoms with Crippen molar-refractivity contribution in [3.63, 3.8) is 0 Å². The molecule has 1 aliphatic rings. The van der Waals surface area contributed by atoms with Crippen molar-refractivity contribution < 1.29 is 5.11 Å². The van der Waals surface area contributed by atoms with Crippen LogP contribution in [0.1, 0.15) is 31.4 Å². The Hall–Kier alpha value is -0.540. The first kappa shape index (κ1) is 13.9. The molecule has 0 radical (unpaired) electrons. The summed E-state index contributed by atoms with van der Waals surface area (Å²) in [6.45, 7) is 9.71. The van der Waals surface area contributed by atoms with Crippen molar-refractivity contribution in [2.45, 2.75) is 33.7 Å². The van der Waals surface area contributed by atoms with Crippen LogP contribution in [0.5, 0.6) is 5.75 Å². The zero-order valence-electron chi connectivity index (χ0n) is 11.4. The van der Waals surface area contributed by atoms with Crippen LogP contribution in [-0.4, -0.2) is 23.1 Å². The lowest BCUT2D eigenvalue weighted by molar-refractivity contribution is 0.292. The maximum atomic E-state index is 10.1. The largest absolute Gasteiger partial charge is 0.507 e. The Balaban J connectivity index is 2.07. The van der Waals surface area contributed by atoms with Gasteiger partial charge in [-0.15, -0.1) is 0 Å². The fraction of sp³-hybridized carbons (Fsp3) is 0.600. The van der Waals surface area contributed by atoms with Crippen molar-refractivity contribution in [1.29, 1.82) is 0 Å². The summed E-state index contributed by atoms with van der Waals surface area (Å²) < 4.78 is 1.05. The average molecular weight is 312 g/mol. The minimum absolute atomic E-state index is 0.450. The molecule has 1 N–H and O–H groups in total. The molecule has 0 saturated carbocycles. The monoisotopic (exact) mass is 311 g/mol. The van der Waals surface area contributed by atoms with Crippen LogP contribution >= 0.6 is 15.9 Å². The predicted molar refractivity (Wildman–Crippen MR) is 78.8 cm³/mol. The third kappa shape index (κ3) is 3.07. The second-order valence-corrected chi connectivity index (χ2v) is 6.67. The maximum absolute atomic E-state index is 10.1. The molecule has 2 nitrogen and oxygen atoms in total. The van der Waals surface area contributed by atoms with Gasteiger partial charge in [-0.3, -0.25) is 4.90 Å². The molecule has 1 heterocycles. The van der Waals surface area contributed by atoms with Crippen LogP contribution in [0.2, 0.25) is 0 Å². The summed E-state index contributed by atoms with van der Waals surface area (Å²) in [7, 11) is 0. The molecule has 18 heavy (non-hydrogen) atoms. The lowest BCUT2D eigenvalue weighted by atomic mass is 9.95. The Morgan fingerprint density at radius 2 is 2.17 bits per heavy atom. The van der Waals surface area contributed by atoms with E-state index in [9.17, 15) is 5.11 Å². The fourth-order valence-corrected chi connectivity index (χ4v) is 3.34. The summed E-state index contributed by atoms with van der Waals surface area (Å²) in [6, 6.07) is 3.99. The van der Waals surface area contributed by atoms with E-state index in [0.29, 0.717) is 5.75 Å². The van der Waals surface area contributed by atoms with E-state index in [2.05, 4.69) is 34.7 Å². The van der Waals surface area contributed by atoms with Crippen LogP contribution in [0.4, 0.5) is 0 Å². The van der Waals surface area contributed by atoms with Crippen LogP contribution in [0.25, 0.3) is 0 Å². The van der Waals surface area contributed by atoms with Crippen molar-refractivity contribution in [2.75, 3.05) is 13.1 Å². The summed E-state index contributed by atoms with van der Waals surface area (Å²) in [5, 5.41) is 10.1. The predicted octanol–water partition coefficient (Wildman–Crippen LogP) is 3.94. The zero-order chi connectivity index (χ0) is 13.3. The number of benzene rings is 1. The van der Waals surface area contributed by atoms with E-state index in [1.54, 1.807) is 0 Å². The first-order valence-corrected chi connectivity index (χ1v) is 7.47. The van der Waals surface area contributed by atoms with Gasteiger partial charge < -0.3 is 5.11 Å². The Bertz CT molecular complexity index is 431. The quantitative estimate of drug-likeness (QED) is 0.914. The van der Waals surface area contributed by atoms with Gasteiger partial charge in [-0.2, -0.15) is 0 Å². The second-order valence-electron chi connectivity index (χ2n) is 5.76. The molecule has 0 spiro atoms. The van der Waals surface area contributed by atoms with Gasteiger partial charge in [0.1, 0.15) is 5.75 Å². The van der Waals surface area contributed by atoms with Gasteiger partial charge in [-0.05, 0) is 49.4 Å². The minimum atomic E-state index is 0.450. The topological polar surface area (TPSA) is 23.5 Å². The Morgan fingerprint density at radius 1 is 1.44 bits per heavy atom. The molecule has 1 saturated heterocycles. The number of aryl methyl sites for hydroxylation is 1. The van der Waals surface area contributed by atoms with Gasteiger partial charge in [0.2, 0.25) is 0 Å². The Labute approximate surface area is 118 Å². The molecule has 1 atom stereocenters. The summed E-state index contributed by atoms with van der Waals surface area (Å²) >= 11 is 3.50. The van der Waals surface area contributed by atoms with Crippen molar-refractivity contribution >= 4 is 15.9 Å². The Kier molecular flexibility index (Phi) is 4.33. The molecule has 3 heteroatoms. The van der Waals surface area contributed by atoms with E-state index >= 15 is 0 Å². The van der Waals surface area contributed by atoms with Crippen molar-refractivity contribution in [3.8, 4) is 5.75 Å². The average Bonchev–Trinajstić information content (AvgIpc) is 2.74. The third-order valence-corrected chi connectivity index (χ3v) is 4.45. The standard InChI is InChI=1S/C15H22BrNO/c1-10(2)12-4-5-17(8-12)9-13-7-14(16)6-11(3)15(13)18/h6-7,10,12,18H,4-5,8-9H2,1-3H3. The number of phenols is 1. The first-order chi connectivity index (χ1) is 8.47. The molecule has 1 unspecified atom stereocenters. The number of halogens is 1. The first-order valence-electron chi connectivity index (χ1n) is 6.67.